The van der Waals surface area contributed by atoms with Crippen molar-refractivity contribution in [2.75, 3.05) is 11.9 Å². The highest BCUT2D eigenvalue weighted by molar-refractivity contribution is 6.31. The second kappa shape index (κ2) is 5.43. The van der Waals surface area contributed by atoms with Gasteiger partial charge < -0.3 is 9.64 Å². The molecule has 1 fully saturated rings. The van der Waals surface area contributed by atoms with Crippen molar-refractivity contribution >= 4 is 35.1 Å². The standard InChI is InChI=1S/C19H13ClFNO3/c1-22-15-7-4-12(20)9-14(15)19(18(22)24)10-16(23)17(25-19)8-11-2-5-13(21)6-3-11/h2-9H,10H2,1H3/b17-8-. The molecule has 1 saturated heterocycles. The maximum absolute atomic E-state index is 13.0. The van der Waals surface area contributed by atoms with Crippen molar-refractivity contribution in [3.63, 3.8) is 0 Å². The fraction of sp³-hybridized carbons (Fsp3) is 0.158. The van der Waals surface area contributed by atoms with Gasteiger partial charge in [0.05, 0.1) is 12.1 Å². The lowest BCUT2D eigenvalue weighted by Crippen LogP contribution is -2.38. The van der Waals surface area contributed by atoms with Gasteiger partial charge in [0, 0.05) is 17.6 Å². The molecule has 0 aromatic heterocycles. The molecule has 0 aliphatic carbocycles. The number of hydrogen-bond acceptors (Lipinski definition) is 3. The molecular formula is C19H13ClFNO3. The Hall–Kier alpha value is -2.66. The topological polar surface area (TPSA) is 46.6 Å². The summed E-state index contributed by atoms with van der Waals surface area (Å²) in [5, 5.41) is 0.466. The number of anilines is 1. The normalized spacial score (nSPS) is 23.5. The fourth-order valence-corrected chi connectivity index (χ4v) is 3.48. The quantitative estimate of drug-likeness (QED) is 0.731. The fourth-order valence-electron chi connectivity index (χ4n) is 3.30. The molecule has 6 heteroatoms. The first kappa shape index (κ1) is 15.8. The van der Waals surface area contributed by atoms with Crippen LogP contribution >= 0.6 is 11.6 Å². The highest BCUT2D eigenvalue weighted by Gasteiger charge is 2.58. The molecule has 25 heavy (non-hydrogen) atoms. The van der Waals surface area contributed by atoms with Crippen LogP contribution in [-0.4, -0.2) is 18.7 Å². The summed E-state index contributed by atoms with van der Waals surface area (Å²) in [5.41, 5.74) is 0.498. The number of rotatable bonds is 1. The number of carbonyl (C=O) groups excluding carboxylic acids is 2. The van der Waals surface area contributed by atoms with Crippen LogP contribution in [0.15, 0.2) is 48.2 Å². The molecule has 2 aliphatic heterocycles. The van der Waals surface area contributed by atoms with Crippen molar-refractivity contribution < 1.29 is 18.7 Å². The van der Waals surface area contributed by atoms with Gasteiger partial charge in [-0.05, 0) is 42.0 Å². The zero-order chi connectivity index (χ0) is 17.8. The number of halogens is 2. The number of carbonyl (C=O) groups is 2. The van der Waals surface area contributed by atoms with E-state index in [1.807, 2.05) is 0 Å². The summed E-state index contributed by atoms with van der Waals surface area (Å²) in [5.74, 6) is -0.867. The molecule has 0 bridgehead atoms. The van der Waals surface area contributed by atoms with E-state index in [2.05, 4.69) is 0 Å². The third-order valence-electron chi connectivity index (χ3n) is 4.54. The van der Waals surface area contributed by atoms with Crippen molar-refractivity contribution in [1.82, 2.24) is 0 Å². The van der Waals surface area contributed by atoms with Gasteiger partial charge in [0.1, 0.15) is 5.82 Å². The minimum absolute atomic E-state index is 0.0844. The Bertz CT molecular complexity index is 938. The van der Waals surface area contributed by atoms with E-state index in [0.29, 0.717) is 21.8 Å². The van der Waals surface area contributed by atoms with Crippen molar-refractivity contribution in [1.29, 1.82) is 0 Å². The predicted octanol–water partition coefficient (Wildman–Crippen LogP) is 3.68. The van der Waals surface area contributed by atoms with Crippen LogP contribution < -0.4 is 4.90 Å². The summed E-state index contributed by atoms with van der Waals surface area (Å²) in [4.78, 5) is 26.8. The van der Waals surface area contributed by atoms with Crippen molar-refractivity contribution in [3.8, 4) is 0 Å². The van der Waals surface area contributed by atoms with Crippen molar-refractivity contribution in [2.45, 2.75) is 12.0 Å². The second-order valence-corrected chi connectivity index (χ2v) is 6.55. The summed E-state index contributed by atoms with van der Waals surface area (Å²) in [7, 11) is 1.64. The molecule has 0 radical (unpaired) electrons. The molecule has 2 aliphatic rings. The molecule has 2 heterocycles. The van der Waals surface area contributed by atoms with Gasteiger partial charge in [0.15, 0.2) is 5.76 Å². The van der Waals surface area contributed by atoms with Crippen molar-refractivity contribution in [2.24, 2.45) is 0 Å². The predicted molar refractivity (Wildman–Crippen MR) is 91.6 cm³/mol. The molecule has 0 saturated carbocycles. The molecule has 2 aromatic rings. The Labute approximate surface area is 148 Å². The maximum Gasteiger partial charge on any atom is 0.276 e. The number of ketones is 1. The Kier molecular flexibility index (Phi) is 3.44. The van der Waals surface area contributed by atoms with E-state index in [1.54, 1.807) is 25.2 Å². The van der Waals surface area contributed by atoms with Gasteiger partial charge in [0.2, 0.25) is 11.4 Å². The summed E-state index contributed by atoms with van der Waals surface area (Å²) in [6, 6.07) is 10.8. The lowest BCUT2D eigenvalue weighted by molar-refractivity contribution is -0.135. The van der Waals surface area contributed by atoms with Crippen LogP contribution in [0.1, 0.15) is 17.5 Å². The van der Waals surface area contributed by atoms with E-state index < -0.39 is 5.60 Å². The van der Waals surface area contributed by atoms with Gasteiger partial charge >= 0.3 is 0 Å². The lowest BCUT2D eigenvalue weighted by Gasteiger charge is -2.21. The molecule has 1 atom stereocenters. The van der Waals surface area contributed by atoms with Gasteiger partial charge in [-0.1, -0.05) is 23.7 Å². The highest BCUT2D eigenvalue weighted by Crippen LogP contribution is 2.50. The molecular weight excluding hydrogens is 345 g/mol. The molecule has 4 rings (SSSR count). The lowest BCUT2D eigenvalue weighted by atomic mass is 9.92. The van der Waals surface area contributed by atoms with Gasteiger partial charge in [-0.15, -0.1) is 0 Å². The largest absolute Gasteiger partial charge is 0.468 e. The Morgan fingerprint density at radius 3 is 2.64 bits per heavy atom. The van der Waals surface area contributed by atoms with Crippen LogP contribution in [0, 0.1) is 5.82 Å². The van der Waals surface area contributed by atoms with Gasteiger partial charge in [-0.2, -0.15) is 0 Å². The van der Waals surface area contributed by atoms with Gasteiger partial charge in [-0.25, -0.2) is 4.39 Å². The van der Waals surface area contributed by atoms with E-state index in [1.165, 1.54) is 35.2 Å². The first-order chi connectivity index (χ1) is 11.9. The molecule has 1 spiro atoms. The SMILES string of the molecule is CN1C(=O)C2(CC(=O)/C(=C/c3ccc(F)cc3)O2)c2cc(Cl)ccc21. The number of Topliss-reactive ketones (excluding diaryl/α,β-unsaturated/α-hetero) is 1. The van der Waals surface area contributed by atoms with E-state index in [4.69, 9.17) is 16.3 Å². The number of ether oxygens (including phenoxy) is 1. The third-order valence-corrected chi connectivity index (χ3v) is 4.78. The monoisotopic (exact) mass is 357 g/mol. The number of amides is 1. The van der Waals surface area contributed by atoms with Crippen LogP contribution in [0.25, 0.3) is 6.08 Å². The molecule has 126 valence electrons. The Morgan fingerprint density at radius 2 is 1.92 bits per heavy atom. The van der Waals surface area contributed by atoms with Crippen LogP contribution in [0.2, 0.25) is 5.02 Å². The maximum atomic E-state index is 13.0. The average molecular weight is 358 g/mol. The Balaban J connectivity index is 1.78. The third kappa shape index (κ3) is 2.35. The molecule has 2 aromatic carbocycles. The number of nitrogens with zero attached hydrogens (tertiary/aromatic N) is 1. The molecule has 1 amide bonds. The van der Waals surface area contributed by atoms with E-state index in [-0.39, 0.29) is 29.7 Å². The van der Waals surface area contributed by atoms with Crippen LogP contribution in [0.5, 0.6) is 0 Å². The first-order valence-electron chi connectivity index (χ1n) is 7.68. The number of likely N-dealkylation sites (N-methyl/N-ethyl adjacent to an activating group) is 1. The van der Waals surface area contributed by atoms with E-state index >= 15 is 0 Å². The first-order valence-corrected chi connectivity index (χ1v) is 8.06. The highest BCUT2D eigenvalue weighted by atomic mass is 35.5. The average Bonchev–Trinajstić information content (AvgIpc) is 3.01. The number of benzene rings is 2. The summed E-state index contributed by atoms with van der Waals surface area (Å²) >= 11 is 6.08. The Morgan fingerprint density at radius 1 is 1.20 bits per heavy atom. The minimum atomic E-state index is -1.38. The van der Waals surface area contributed by atoms with Crippen LogP contribution in [-0.2, 0) is 19.9 Å². The number of fused-ring (bicyclic) bond motifs is 2. The molecule has 1 unspecified atom stereocenters. The minimum Gasteiger partial charge on any atom is -0.468 e. The van der Waals surface area contributed by atoms with Gasteiger partial charge in [-0.3, -0.25) is 9.59 Å². The number of hydrogen-bond donors (Lipinski definition) is 0. The zero-order valence-corrected chi connectivity index (χ0v) is 14.0. The van der Waals surface area contributed by atoms with Gasteiger partial charge in [0.25, 0.3) is 5.91 Å². The van der Waals surface area contributed by atoms with Crippen LogP contribution in [0.3, 0.4) is 0 Å². The summed E-state index contributed by atoms with van der Waals surface area (Å²) < 4.78 is 18.9. The summed E-state index contributed by atoms with van der Waals surface area (Å²) in [6.07, 6.45) is 1.43. The zero-order valence-electron chi connectivity index (χ0n) is 13.3. The van der Waals surface area contributed by atoms with Crippen LogP contribution in [0.4, 0.5) is 10.1 Å². The van der Waals surface area contributed by atoms with Crippen molar-refractivity contribution in [3.05, 3.63) is 70.2 Å². The smallest absolute Gasteiger partial charge is 0.276 e. The number of allylic oxidation sites excluding steroid dienone is 1. The molecule has 0 N–H and O–H groups in total. The summed E-state index contributed by atoms with van der Waals surface area (Å²) in [6.45, 7) is 0. The van der Waals surface area contributed by atoms with E-state index in [9.17, 15) is 14.0 Å². The molecule has 4 nitrogen and oxygen atoms in total. The van der Waals surface area contributed by atoms with E-state index in [0.717, 1.165) is 0 Å². The second-order valence-electron chi connectivity index (χ2n) is 6.11.